The molecule has 0 aromatic carbocycles. The second-order valence-electron chi connectivity index (χ2n) is 5.51. The third kappa shape index (κ3) is 2.57. The van der Waals surface area contributed by atoms with Crippen LogP contribution in [0, 0.1) is 0 Å². The van der Waals surface area contributed by atoms with Gasteiger partial charge in [0.05, 0.1) is 25.4 Å². The number of amides is 1. The number of likely N-dealkylation sites (tertiary alicyclic amines) is 1. The number of carbonyl (C=O) groups excluding carboxylic acids is 1. The van der Waals surface area contributed by atoms with Gasteiger partial charge in [-0.15, -0.1) is 5.10 Å². The summed E-state index contributed by atoms with van der Waals surface area (Å²) in [5, 5.41) is 7.93. The van der Waals surface area contributed by atoms with Gasteiger partial charge in [0.25, 0.3) is 11.9 Å². The Bertz CT molecular complexity index is 637. The summed E-state index contributed by atoms with van der Waals surface area (Å²) in [5.41, 5.74) is 0. The minimum atomic E-state index is -0.141. The van der Waals surface area contributed by atoms with Crippen molar-refractivity contribution in [3.05, 3.63) is 30.3 Å². The van der Waals surface area contributed by atoms with Crippen LogP contribution in [0.15, 0.2) is 28.9 Å². The lowest BCUT2D eigenvalue weighted by Crippen LogP contribution is -2.37. The maximum atomic E-state index is 12.6. The fourth-order valence-electron chi connectivity index (χ4n) is 2.80. The standard InChI is InChI=1S/C14H19N5O3/c1-17(2)10-8-18(9-11(10)19-7-6-15-16-19)14(20)12-4-5-13(21-3)22-12/h4-7,10-11H,8-9H2,1-3H3/t10-,11+/m1/s1. The summed E-state index contributed by atoms with van der Waals surface area (Å²) in [6.45, 7) is 1.17. The molecule has 0 N–H and O–H groups in total. The topological polar surface area (TPSA) is 76.6 Å². The first-order chi connectivity index (χ1) is 10.6. The Morgan fingerprint density at radius 3 is 2.82 bits per heavy atom. The highest BCUT2D eigenvalue weighted by atomic mass is 16.6. The maximum Gasteiger partial charge on any atom is 0.289 e. The first-order valence-corrected chi connectivity index (χ1v) is 7.05. The number of nitrogens with zero attached hydrogens (tertiary/aromatic N) is 5. The van der Waals surface area contributed by atoms with Crippen LogP contribution in [0.5, 0.6) is 5.95 Å². The minimum absolute atomic E-state index is 0.0679. The lowest BCUT2D eigenvalue weighted by Gasteiger charge is -2.24. The molecule has 1 saturated heterocycles. The van der Waals surface area contributed by atoms with Crippen LogP contribution >= 0.6 is 0 Å². The maximum absolute atomic E-state index is 12.6. The lowest BCUT2D eigenvalue weighted by atomic mass is 10.1. The quantitative estimate of drug-likeness (QED) is 0.819. The van der Waals surface area contributed by atoms with E-state index in [0.29, 0.717) is 19.0 Å². The van der Waals surface area contributed by atoms with Crippen molar-refractivity contribution in [3.8, 4) is 5.95 Å². The summed E-state index contributed by atoms with van der Waals surface area (Å²) in [4.78, 5) is 16.4. The number of furan rings is 1. The Labute approximate surface area is 128 Å². The number of methoxy groups -OCH3 is 1. The Morgan fingerprint density at radius 2 is 2.23 bits per heavy atom. The van der Waals surface area contributed by atoms with E-state index in [1.807, 2.05) is 20.3 Å². The number of carbonyl (C=O) groups is 1. The molecule has 22 heavy (non-hydrogen) atoms. The van der Waals surface area contributed by atoms with Crippen LogP contribution in [0.1, 0.15) is 16.6 Å². The van der Waals surface area contributed by atoms with Gasteiger partial charge < -0.3 is 19.0 Å². The Morgan fingerprint density at radius 1 is 1.41 bits per heavy atom. The number of ether oxygens (including phenoxy) is 1. The fraction of sp³-hybridized carbons (Fsp3) is 0.500. The van der Waals surface area contributed by atoms with Crippen LogP contribution in [-0.2, 0) is 0 Å². The number of aromatic nitrogens is 3. The first kappa shape index (κ1) is 14.6. The molecule has 8 heteroatoms. The lowest BCUT2D eigenvalue weighted by molar-refractivity contribution is 0.0743. The molecular weight excluding hydrogens is 286 g/mol. The van der Waals surface area contributed by atoms with Crippen LogP contribution in [-0.4, -0.2) is 71.0 Å². The normalized spacial score (nSPS) is 21.5. The van der Waals surface area contributed by atoms with Crippen LogP contribution in [0.3, 0.4) is 0 Å². The molecule has 1 amide bonds. The predicted octanol–water partition coefficient (Wildman–Crippen LogP) is 0.507. The second-order valence-corrected chi connectivity index (χ2v) is 5.51. The van der Waals surface area contributed by atoms with Crippen LogP contribution in [0.25, 0.3) is 0 Å². The van der Waals surface area contributed by atoms with Gasteiger partial charge in [0.1, 0.15) is 0 Å². The van der Waals surface area contributed by atoms with Gasteiger partial charge in [0.15, 0.2) is 5.76 Å². The summed E-state index contributed by atoms with van der Waals surface area (Å²) in [5.74, 6) is 0.478. The van der Waals surface area contributed by atoms with E-state index in [9.17, 15) is 4.79 Å². The Kier molecular flexibility index (Phi) is 3.84. The molecule has 8 nitrogen and oxygen atoms in total. The monoisotopic (exact) mass is 305 g/mol. The Balaban J connectivity index is 1.79. The fourth-order valence-corrected chi connectivity index (χ4v) is 2.80. The van der Waals surface area contributed by atoms with Crippen LogP contribution in [0.4, 0.5) is 0 Å². The zero-order chi connectivity index (χ0) is 15.7. The summed E-state index contributed by atoms with van der Waals surface area (Å²) < 4.78 is 12.2. The molecule has 2 aromatic rings. The van der Waals surface area contributed by atoms with E-state index in [2.05, 4.69) is 15.2 Å². The predicted molar refractivity (Wildman–Crippen MR) is 77.7 cm³/mol. The number of hydrogen-bond acceptors (Lipinski definition) is 6. The second kappa shape index (κ2) is 5.80. The molecule has 1 aliphatic rings. The minimum Gasteiger partial charge on any atom is -0.468 e. The molecule has 0 bridgehead atoms. The van der Waals surface area contributed by atoms with Crippen molar-refractivity contribution < 1.29 is 13.9 Å². The van der Waals surface area contributed by atoms with Gasteiger partial charge in [-0.2, -0.15) is 0 Å². The third-order valence-electron chi connectivity index (χ3n) is 3.98. The molecule has 2 aromatic heterocycles. The van der Waals surface area contributed by atoms with Gasteiger partial charge in [-0.25, -0.2) is 4.68 Å². The molecule has 3 rings (SSSR count). The van der Waals surface area contributed by atoms with Gasteiger partial charge in [-0.05, 0) is 20.2 Å². The molecule has 1 fully saturated rings. The van der Waals surface area contributed by atoms with E-state index < -0.39 is 0 Å². The smallest absolute Gasteiger partial charge is 0.289 e. The van der Waals surface area contributed by atoms with E-state index >= 15 is 0 Å². The third-order valence-corrected chi connectivity index (χ3v) is 3.98. The van der Waals surface area contributed by atoms with E-state index in [1.54, 1.807) is 27.9 Å². The molecule has 0 spiro atoms. The zero-order valence-electron chi connectivity index (χ0n) is 12.8. The van der Waals surface area contributed by atoms with E-state index in [0.717, 1.165) is 0 Å². The van der Waals surface area contributed by atoms with Crippen molar-refractivity contribution in [1.82, 2.24) is 24.8 Å². The number of hydrogen-bond donors (Lipinski definition) is 0. The van der Waals surface area contributed by atoms with Gasteiger partial charge in [-0.1, -0.05) is 5.21 Å². The van der Waals surface area contributed by atoms with Crippen molar-refractivity contribution >= 4 is 5.91 Å². The molecule has 118 valence electrons. The SMILES string of the molecule is COc1ccc(C(=O)N2C[C@@H](N(C)C)[C@@H](n3ccnn3)C2)o1. The molecule has 3 heterocycles. The van der Waals surface area contributed by atoms with E-state index in [4.69, 9.17) is 9.15 Å². The summed E-state index contributed by atoms with van der Waals surface area (Å²) in [7, 11) is 5.50. The highest BCUT2D eigenvalue weighted by Crippen LogP contribution is 2.27. The number of rotatable bonds is 4. The Hall–Kier alpha value is -2.35. The largest absolute Gasteiger partial charge is 0.468 e. The molecule has 2 atom stereocenters. The molecular formula is C14H19N5O3. The van der Waals surface area contributed by atoms with Gasteiger partial charge >= 0.3 is 0 Å². The van der Waals surface area contributed by atoms with Crippen molar-refractivity contribution in [2.45, 2.75) is 12.1 Å². The molecule has 0 radical (unpaired) electrons. The van der Waals surface area contributed by atoms with Gasteiger partial charge in [0.2, 0.25) is 0 Å². The summed E-state index contributed by atoms with van der Waals surface area (Å²) >= 11 is 0. The number of likely N-dealkylation sites (N-methyl/N-ethyl adjacent to an activating group) is 1. The van der Waals surface area contributed by atoms with E-state index in [1.165, 1.54) is 7.11 Å². The molecule has 1 aliphatic heterocycles. The van der Waals surface area contributed by atoms with Crippen molar-refractivity contribution in [2.24, 2.45) is 0 Å². The van der Waals surface area contributed by atoms with Crippen molar-refractivity contribution in [1.29, 1.82) is 0 Å². The summed E-state index contributed by atoms with van der Waals surface area (Å²) in [6, 6.07) is 3.51. The van der Waals surface area contributed by atoms with Gasteiger partial charge in [0, 0.05) is 25.4 Å². The molecule has 0 saturated carbocycles. The molecule has 0 aliphatic carbocycles. The molecule has 0 unspecified atom stereocenters. The summed E-state index contributed by atoms with van der Waals surface area (Å²) in [6.07, 6.45) is 3.47. The first-order valence-electron chi connectivity index (χ1n) is 7.05. The van der Waals surface area contributed by atoms with Crippen molar-refractivity contribution in [3.63, 3.8) is 0 Å². The average Bonchev–Trinajstić information content (AvgIpc) is 3.24. The van der Waals surface area contributed by atoms with Crippen LogP contribution < -0.4 is 4.74 Å². The van der Waals surface area contributed by atoms with Gasteiger partial charge in [-0.3, -0.25) is 4.79 Å². The average molecular weight is 305 g/mol. The van der Waals surface area contributed by atoms with Crippen LogP contribution in [0.2, 0.25) is 0 Å². The highest BCUT2D eigenvalue weighted by Gasteiger charge is 2.39. The van der Waals surface area contributed by atoms with Crippen molar-refractivity contribution in [2.75, 3.05) is 34.3 Å². The zero-order valence-corrected chi connectivity index (χ0v) is 12.8. The van der Waals surface area contributed by atoms with E-state index in [-0.39, 0.29) is 23.8 Å². The highest BCUT2D eigenvalue weighted by molar-refractivity contribution is 5.92.